The number of nitro benzene ring substituents is 1. The quantitative estimate of drug-likeness (QED) is 0.369. The van der Waals surface area contributed by atoms with E-state index in [1.807, 2.05) is 0 Å². The lowest BCUT2D eigenvalue weighted by Gasteiger charge is -2.06. The van der Waals surface area contributed by atoms with Crippen molar-refractivity contribution in [3.63, 3.8) is 0 Å². The summed E-state index contributed by atoms with van der Waals surface area (Å²) in [7, 11) is 0. The third kappa shape index (κ3) is 3.03. The van der Waals surface area contributed by atoms with Crippen molar-refractivity contribution in [2.24, 2.45) is 0 Å². The Kier molecular flexibility index (Phi) is 4.14. The fourth-order valence-corrected chi connectivity index (χ4v) is 2.00. The number of nitrogens with zero attached hydrogens (tertiary/aromatic N) is 1. The molecule has 0 saturated carbocycles. The van der Waals surface area contributed by atoms with Gasteiger partial charge in [-0.3, -0.25) is 10.1 Å². The van der Waals surface area contributed by atoms with Gasteiger partial charge in [0.25, 0.3) is 5.69 Å². The highest BCUT2D eigenvalue weighted by Gasteiger charge is 2.23. The van der Waals surface area contributed by atoms with E-state index < -0.39 is 10.9 Å². The SMILES string of the molecule is Cc1cccc(C(=O)Oc2ccc(Br)cc2)c1[N+](=O)[O-]. The Morgan fingerprint density at radius 3 is 2.45 bits per heavy atom. The molecule has 5 nitrogen and oxygen atoms in total. The molecule has 0 unspecified atom stereocenters. The van der Waals surface area contributed by atoms with E-state index in [0.717, 1.165) is 4.47 Å². The highest BCUT2D eigenvalue weighted by Crippen LogP contribution is 2.25. The van der Waals surface area contributed by atoms with Gasteiger partial charge in [-0.2, -0.15) is 0 Å². The number of carbonyl (C=O) groups is 1. The van der Waals surface area contributed by atoms with Crippen molar-refractivity contribution in [3.8, 4) is 5.75 Å². The number of nitro groups is 1. The molecule has 0 heterocycles. The first-order valence-electron chi connectivity index (χ1n) is 5.71. The van der Waals surface area contributed by atoms with Gasteiger partial charge in [0, 0.05) is 10.0 Å². The van der Waals surface area contributed by atoms with Crippen LogP contribution in [0.4, 0.5) is 5.69 Å². The van der Waals surface area contributed by atoms with Gasteiger partial charge in [0.2, 0.25) is 0 Å². The van der Waals surface area contributed by atoms with Gasteiger partial charge in [-0.1, -0.05) is 28.1 Å². The molecular weight excluding hydrogens is 326 g/mol. The van der Waals surface area contributed by atoms with E-state index in [2.05, 4.69) is 15.9 Å². The summed E-state index contributed by atoms with van der Waals surface area (Å²) in [4.78, 5) is 22.5. The third-order valence-corrected chi connectivity index (χ3v) is 3.19. The van der Waals surface area contributed by atoms with Crippen LogP contribution in [0.15, 0.2) is 46.9 Å². The molecule has 0 aliphatic rings. The Balaban J connectivity index is 2.32. The van der Waals surface area contributed by atoms with E-state index in [1.165, 1.54) is 6.07 Å². The van der Waals surface area contributed by atoms with Gasteiger partial charge < -0.3 is 4.74 Å². The van der Waals surface area contributed by atoms with Gasteiger partial charge >= 0.3 is 5.97 Å². The number of hydrogen-bond acceptors (Lipinski definition) is 4. The Labute approximate surface area is 123 Å². The Morgan fingerprint density at radius 1 is 1.20 bits per heavy atom. The summed E-state index contributed by atoms with van der Waals surface area (Å²) in [5.41, 5.74) is 0.132. The zero-order chi connectivity index (χ0) is 14.7. The topological polar surface area (TPSA) is 69.4 Å². The van der Waals surface area contributed by atoms with E-state index in [9.17, 15) is 14.9 Å². The van der Waals surface area contributed by atoms with Gasteiger partial charge in [0.05, 0.1) is 4.92 Å². The maximum Gasteiger partial charge on any atom is 0.350 e. The molecular formula is C14H10BrNO4. The van der Waals surface area contributed by atoms with Gasteiger partial charge in [-0.05, 0) is 37.3 Å². The smallest absolute Gasteiger partial charge is 0.350 e. The van der Waals surface area contributed by atoms with E-state index in [0.29, 0.717) is 11.3 Å². The van der Waals surface area contributed by atoms with E-state index in [-0.39, 0.29) is 11.3 Å². The summed E-state index contributed by atoms with van der Waals surface area (Å²) in [6.07, 6.45) is 0. The van der Waals surface area contributed by atoms with Crippen molar-refractivity contribution in [1.82, 2.24) is 0 Å². The second-order valence-electron chi connectivity index (χ2n) is 4.07. The zero-order valence-corrected chi connectivity index (χ0v) is 12.1. The highest BCUT2D eigenvalue weighted by atomic mass is 79.9. The molecule has 0 radical (unpaired) electrons. The molecule has 0 amide bonds. The molecule has 6 heteroatoms. The second-order valence-corrected chi connectivity index (χ2v) is 4.99. The van der Waals surface area contributed by atoms with Crippen LogP contribution in [0.1, 0.15) is 15.9 Å². The summed E-state index contributed by atoms with van der Waals surface area (Å²) >= 11 is 3.27. The molecule has 0 aliphatic carbocycles. The van der Waals surface area contributed by atoms with Crippen LogP contribution in [0.3, 0.4) is 0 Å². The van der Waals surface area contributed by atoms with E-state index in [1.54, 1.807) is 43.3 Å². The third-order valence-electron chi connectivity index (χ3n) is 2.66. The first-order chi connectivity index (χ1) is 9.49. The zero-order valence-electron chi connectivity index (χ0n) is 10.5. The molecule has 0 N–H and O–H groups in total. The van der Waals surface area contributed by atoms with Crippen LogP contribution in [0.2, 0.25) is 0 Å². The summed E-state index contributed by atoms with van der Waals surface area (Å²) in [6, 6.07) is 11.2. The Morgan fingerprint density at radius 2 is 1.85 bits per heavy atom. The van der Waals surface area contributed by atoms with E-state index >= 15 is 0 Å². The molecule has 2 rings (SSSR count). The van der Waals surface area contributed by atoms with Crippen molar-refractivity contribution < 1.29 is 14.5 Å². The minimum atomic E-state index is -0.747. The standard InChI is InChI=1S/C14H10BrNO4/c1-9-3-2-4-12(13(9)16(18)19)14(17)20-11-7-5-10(15)6-8-11/h2-8H,1H3. The molecule has 0 fully saturated rings. The molecule has 0 spiro atoms. The van der Waals surface area contributed by atoms with Crippen LogP contribution in [0.5, 0.6) is 5.75 Å². The average Bonchev–Trinajstić information content (AvgIpc) is 2.40. The molecule has 20 heavy (non-hydrogen) atoms. The van der Waals surface area contributed by atoms with Crippen molar-refractivity contribution in [2.75, 3.05) is 0 Å². The van der Waals surface area contributed by atoms with Gasteiger partial charge in [-0.15, -0.1) is 0 Å². The lowest BCUT2D eigenvalue weighted by Crippen LogP contribution is -2.11. The minimum Gasteiger partial charge on any atom is -0.423 e. The number of para-hydroxylation sites is 1. The largest absolute Gasteiger partial charge is 0.423 e. The molecule has 102 valence electrons. The number of hydrogen-bond donors (Lipinski definition) is 0. The molecule has 0 aliphatic heterocycles. The molecule has 0 bridgehead atoms. The molecule has 0 atom stereocenters. The monoisotopic (exact) mass is 335 g/mol. The van der Waals surface area contributed by atoms with E-state index in [4.69, 9.17) is 4.74 Å². The number of rotatable bonds is 3. The van der Waals surface area contributed by atoms with Gasteiger partial charge in [0.1, 0.15) is 11.3 Å². The highest BCUT2D eigenvalue weighted by molar-refractivity contribution is 9.10. The first kappa shape index (κ1) is 14.2. The Bertz CT molecular complexity index is 667. The normalized spacial score (nSPS) is 10.1. The molecule has 2 aromatic rings. The second kappa shape index (κ2) is 5.83. The Hall–Kier alpha value is -2.21. The number of halogens is 1. The van der Waals surface area contributed by atoms with Crippen molar-refractivity contribution in [3.05, 3.63) is 68.2 Å². The summed E-state index contributed by atoms with van der Waals surface area (Å²) in [5.74, 6) is -0.420. The summed E-state index contributed by atoms with van der Waals surface area (Å²) in [6.45, 7) is 1.58. The number of aryl methyl sites for hydroxylation is 1. The van der Waals surface area contributed by atoms with Crippen molar-refractivity contribution in [1.29, 1.82) is 0 Å². The lowest BCUT2D eigenvalue weighted by molar-refractivity contribution is -0.385. The predicted octanol–water partition coefficient (Wildman–Crippen LogP) is 3.88. The summed E-state index contributed by atoms with van der Waals surface area (Å²) in [5, 5.41) is 11.0. The number of esters is 1. The minimum absolute atomic E-state index is 0.0575. The van der Waals surface area contributed by atoms with Crippen LogP contribution in [-0.4, -0.2) is 10.9 Å². The van der Waals surface area contributed by atoms with Gasteiger partial charge in [-0.25, -0.2) is 4.79 Å². The predicted molar refractivity (Wildman–Crippen MR) is 76.9 cm³/mol. The molecule has 2 aromatic carbocycles. The van der Waals surface area contributed by atoms with Crippen LogP contribution in [0, 0.1) is 17.0 Å². The summed E-state index contributed by atoms with van der Waals surface area (Å²) < 4.78 is 5.98. The number of ether oxygens (including phenoxy) is 1. The fourth-order valence-electron chi connectivity index (χ4n) is 1.73. The molecule has 0 aromatic heterocycles. The number of carbonyl (C=O) groups excluding carboxylic acids is 1. The average molecular weight is 336 g/mol. The van der Waals surface area contributed by atoms with Crippen LogP contribution in [-0.2, 0) is 0 Å². The van der Waals surface area contributed by atoms with Crippen LogP contribution < -0.4 is 4.74 Å². The maximum atomic E-state index is 12.0. The van der Waals surface area contributed by atoms with Gasteiger partial charge in [0.15, 0.2) is 0 Å². The number of benzene rings is 2. The van der Waals surface area contributed by atoms with Crippen LogP contribution >= 0.6 is 15.9 Å². The fraction of sp³-hybridized carbons (Fsp3) is 0.0714. The maximum absolute atomic E-state index is 12.0. The lowest BCUT2D eigenvalue weighted by atomic mass is 10.1. The first-order valence-corrected chi connectivity index (χ1v) is 6.50. The van der Waals surface area contributed by atoms with Crippen molar-refractivity contribution in [2.45, 2.75) is 6.92 Å². The van der Waals surface area contributed by atoms with Crippen LogP contribution in [0.25, 0.3) is 0 Å². The van der Waals surface area contributed by atoms with Crippen molar-refractivity contribution >= 4 is 27.6 Å². The molecule has 0 saturated heterocycles.